The normalized spacial score (nSPS) is 27.8. The van der Waals surface area contributed by atoms with Gasteiger partial charge in [0, 0.05) is 44.8 Å². The van der Waals surface area contributed by atoms with E-state index in [9.17, 15) is 9.90 Å². The largest absolute Gasteiger partial charge is 0.390 e. The molecule has 108 valence electrons. The first-order valence-corrected chi connectivity index (χ1v) is 7.23. The molecule has 0 spiro atoms. The molecule has 5 heteroatoms. The van der Waals surface area contributed by atoms with Crippen LogP contribution in [-0.2, 0) is 0 Å². The van der Waals surface area contributed by atoms with Crippen molar-refractivity contribution < 1.29 is 9.90 Å². The summed E-state index contributed by atoms with van der Waals surface area (Å²) in [6, 6.07) is 9.37. The van der Waals surface area contributed by atoms with Crippen molar-refractivity contribution in [1.82, 2.24) is 15.1 Å². The van der Waals surface area contributed by atoms with Gasteiger partial charge < -0.3 is 15.3 Å². The van der Waals surface area contributed by atoms with E-state index in [1.165, 1.54) is 0 Å². The molecule has 2 N–H and O–H groups in total. The number of carbonyl (C=O) groups is 1. The fraction of sp³-hybridized carbons (Fsp3) is 0.533. The van der Waals surface area contributed by atoms with E-state index in [0.717, 1.165) is 26.2 Å². The third-order valence-electron chi connectivity index (χ3n) is 4.19. The van der Waals surface area contributed by atoms with Crippen LogP contribution in [0.1, 0.15) is 10.4 Å². The van der Waals surface area contributed by atoms with Crippen LogP contribution in [0.5, 0.6) is 0 Å². The quantitative estimate of drug-likeness (QED) is 0.783. The highest BCUT2D eigenvalue weighted by molar-refractivity contribution is 5.94. The number of nitrogens with one attached hydrogen (secondary N) is 1. The standard InChI is InChI=1S/C15H21N3O2/c19-14-11-18(15(20)12-4-2-1-3-5-12)10-13(14)17-8-6-16-7-9-17/h1-5,13-14,16,19H,6-11H2. The molecule has 2 heterocycles. The third kappa shape index (κ3) is 2.70. The second-order valence-corrected chi connectivity index (χ2v) is 5.50. The average molecular weight is 275 g/mol. The first kappa shape index (κ1) is 13.5. The molecule has 3 rings (SSSR count). The first-order valence-electron chi connectivity index (χ1n) is 7.23. The molecule has 2 aliphatic heterocycles. The molecule has 0 bridgehead atoms. The SMILES string of the molecule is O=C(c1ccccc1)N1CC(O)C(N2CCNCC2)C1. The number of aliphatic hydroxyl groups excluding tert-OH is 1. The Morgan fingerprint density at radius 3 is 2.55 bits per heavy atom. The Balaban J connectivity index is 1.67. The van der Waals surface area contributed by atoms with Crippen LogP contribution in [0.3, 0.4) is 0 Å². The van der Waals surface area contributed by atoms with E-state index in [1.807, 2.05) is 30.3 Å². The molecule has 5 nitrogen and oxygen atoms in total. The van der Waals surface area contributed by atoms with Crippen molar-refractivity contribution in [2.24, 2.45) is 0 Å². The van der Waals surface area contributed by atoms with Crippen molar-refractivity contribution in [3.63, 3.8) is 0 Å². The molecule has 0 aromatic heterocycles. The predicted molar refractivity (Wildman–Crippen MR) is 76.6 cm³/mol. The summed E-state index contributed by atoms with van der Waals surface area (Å²) in [6.07, 6.45) is -0.444. The zero-order valence-electron chi connectivity index (χ0n) is 11.5. The van der Waals surface area contributed by atoms with Gasteiger partial charge in [-0.1, -0.05) is 18.2 Å². The van der Waals surface area contributed by atoms with Gasteiger partial charge in [-0.05, 0) is 12.1 Å². The number of amides is 1. The predicted octanol–water partition coefficient (Wildman–Crippen LogP) is -0.223. The van der Waals surface area contributed by atoms with Crippen molar-refractivity contribution in [1.29, 1.82) is 0 Å². The molecule has 2 aliphatic rings. The van der Waals surface area contributed by atoms with E-state index >= 15 is 0 Å². The monoisotopic (exact) mass is 275 g/mol. The molecular weight excluding hydrogens is 254 g/mol. The lowest BCUT2D eigenvalue weighted by molar-refractivity contribution is 0.0738. The van der Waals surface area contributed by atoms with Gasteiger partial charge in [-0.15, -0.1) is 0 Å². The van der Waals surface area contributed by atoms with Crippen molar-refractivity contribution in [3.8, 4) is 0 Å². The van der Waals surface area contributed by atoms with Gasteiger partial charge in [-0.3, -0.25) is 9.69 Å². The van der Waals surface area contributed by atoms with Gasteiger partial charge in [0.1, 0.15) is 0 Å². The van der Waals surface area contributed by atoms with Gasteiger partial charge in [0.25, 0.3) is 5.91 Å². The summed E-state index contributed by atoms with van der Waals surface area (Å²) in [5, 5.41) is 13.6. The Kier molecular flexibility index (Phi) is 4.00. The number of carbonyl (C=O) groups excluding carboxylic acids is 1. The zero-order chi connectivity index (χ0) is 13.9. The molecule has 20 heavy (non-hydrogen) atoms. The Morgan fingerprint density at radius 1 is 1.15 bits per heavy atom. The van der Waals surface area contributed by atoms with Gasteiger partial charge in [0.2, 0.25) is 0 Å². The Hall–Kier alpha value is -1.43. The highest BCUT2D eigenvalue weighted by Gasteiger charge is 2.38. The lowest BCUT2D eigenvalue weighted by Gasteiger charge is -2.33. The van der Waals surface area contributed by atoms with Crippen molar-refractivity contribution in [2.75, 3.05) is 39.3 Å². The van der Waals surface area contributed by atoms with Crippen LogP contribution < -0.4 is 5.32 Å². The number of likely N-dealkylation sites (tertiary alicyclic amines) is 1. The van der Waals surface area contributed by atoms with E-state index in [-0.39, 0.29) is 11.9 Å². The second-order valence-electron chi connectivity index (χ2n) is 5.50. The molecule has 2 saturated heterocycles. The van der Waals surface area contributed by atoms with Crippen molar-refractivity contribution in [2.45, 2.75) is 12.1 Å². The van der Waals surface area contributed by atoms with E-state index in [4.69, 9.17) is 0 Å². The van der Waals surface area contributed by atoms with Crippen molar-refractivity contribution in [3.05, 3.63) is 35.9 Å². The number of hydrogen-bond acceptors (Lipinski definition) is 4. The number of β-amino-alcohol motifs (C(OH)–C–C–N with tert-alkyl or cyclic N) is 1. The fourth-order valence-electron chi connectivity index (χ4n) is 3.07. The lowest BCUT2D eigenvalue weighted by Crippen LogP contribution is -2.52. The molecular formula is C15H21N3O2. The summed E-state index contributed by atoms with van der Waals surface area (Å²) in [6.45, 7) is 4.84. The summed E-state index contributed by atoms with van der Waals surface area (Å²) >= 11 is 0. The van der Waals surface area contributed by atoms with Crippen molar-refractivity contribution >= 4 is 5.91 Å². The third-order valence-corrected chi connectivity index (χ3v) is 4.19. The maximum absolute atomic E-state index is 12.4. The number of hydrogen-bond donors (Lipinski definition) is 2. The van der Waals surface area contributed by atoms with Crippen LogP contribution in [0.15, 0.2) is 30.3 Å². The van der Waals surface area contributed by atoms with Crippen LogP contribution in [0.2, 0.25) is 0 Å². The Bertz CT molecular complexity index is 459. The molecule has 2 fully saturated rings. The minimum Gasteiger partial charge on any atom is -0.390 e. The summed E-state index contributed by atoms with van der Waals surface area (Å²) in [5.74, 6) is 0.0160. The summed E-state index contributed by atoms with van der Waals surface area (Å²) in [4.78, 5) is 16.5. The van der Waals surface area contributed by atoms with E-state index < -0.39 is 6.10 Å². The number of rotatable bonds is 2. The smallest absolute Gasteiger partial charge is 0.253 e. The van der Waals surface area contributed by atoms with Crippen LogP contribution in [0.4, 0.5) is 0 Å². The molecule has 2 unspecified atom stereocenters. The molecule has 0 radical (unpaired) electrons. The van der Waals surface area contributed by atoms with Crippen LogP contribution in [-0.4, -0.2) is 72.2 Å². The van der Waals surface area contributed by atoms with E-state index in [2.05, 4.69) is 10.2 Å². The lowest BCUT2D eigenvalue weighted by atomic mass is 10.1. The van der Waals surface area contributed by atoms with E-state index in [0.29, 0.717) is 18.7 Å². The molecule has 1 amide bonds. The minimum atomic E-state index is -0.444. The maximum atomic E-state index is 12.4. The number of aliphatic hydroxyl groups is 1. The van der Waals surface area contributed by atoms with Crippen LogP contribution in [0, 0.1) is 0 Å². The Labute approximate surface area is 119 Å². The minimum absolute atomic E-state index is 0.0160. The summed E-state index contributed by atoms with van der Waals surface area (Å²) in [5.41, 5.74) is 0.695. The molecule has 0 aliphatic carbocycles. The molecule has 2 atom stereocenters. The highest BCUT2D eigenvalue weighted by atomic mass is 16.3. The highest BCUT2D eigenvalue weighted by Crippen LogP contribution is 2.19. The first-order chi connectivity index (χ1) is 9.75. The van der Waals surface area contributed by atoms with E-state index in [1.54, 1.807) is 4.90 Å². The van der Waals surface area contributed by atoms with Crippen LogP contribution in [0.25, 0.3) is 0 Å². The Morgan fingerprint density at radius 2 is 1.85 bits per heavy atom. The maximum Gasteiger partial charge on any atom is 0.253 e. The topological polar surface area (TPSA) is 55.8 Å². The number of benzene rings is 1. The molecule has 1 aromatic carbocycles. The number of nitrogens with zero attached hydrogens (tertiary/aromatic N) is 2. The average Bonchev–Trinajstić information content (AvgIpc) is 2.90. The fourth-order valence-corrected chi connectivity index (χ4v) is 3.07. The van der Waals surface area contributed by atoms with Gasteiger partial charge in [-0.2, -0.15) is 0 Å². The molecule has 1 aromatic rings. The van der Waals surface area contributed by atoms with Gasteiger partial charge >= 0.3 is 0 Å². The van der Waals surface area contributed by atoms with Gasteiger partial charge in [0.15, 0.2) is 0 Å². The van der Waals surface area contributed by atoms with Crippen LogP contribution >= 0.6 is 0 Å². The molecule has 0 saturated carbocycles. The number of piperazine rings is 1. The second kappa shape index (κ2) is 5.91. The summed E-state index contributed by atoms with van der Waals surface area (Å²) in [7, 11) is 0. The summed E-state index contributed by atoms with van der Waals surface area (Å²) < 4.78 is 0. The van der Waals surface area contributed by atoms with Gasteiger partial charge in [-0.25, -0.2) is 0 Å². The van der Waals surface area contributed by atoms with Gasteiger partial charge in [0.05, 0.1) is 12.1 Å². The zero-order valence-corrected chi connectivity index (χ0v) is 11.5.